The summed E-state index contributed by atoms with van der Waals surface area (Å²) < 4.78 is 2.39. The summed E-state index contributed by atoms with van der Waals surface area (Å²) in [6, 6.07) is 50.6. The van der Waals surface area contributed by atoms with Crippen LogP contribution in [0.15, 0.2) is 140 Å². The van der Waals surface area contributed by atoms with Gasteiger partial charge in [0.25, 0.3) is 0 Å². The van der Waals surface area contributed by atoms with Gasteiger partial charge in [-0.05, 0) is 88.0 Å². The normalized spacial score (nSPS) is 11.2. The van der Waals surface area contributed by atoms with Gasteiger partial charge in [0, 0.05) is 11.1 Å². The van der Waals surface area contributed by atoms with Crippen LogP contribution in [0.25, 0.3) is 75.0 Å². The molecule has 2 aromatic heterocycles. The lowest BCUT2D eigenvalue weighted by Gasteiger charge is -2.12. The third kappa shape index (κ3) is 4.97. The largest absolute Gasteiger partial charge is 0.236 e. The van der Waals surface area contributed by atoms with Crippen LogP contribution in [0.1, 0.15) is 5.56 Å². The van der Waals surface area contributed by atoms with Gasteiger partial charge < -0.3 is 0 Å². The molecule has 0 bridgehead atoms. The first-order chi connectivity index (χ1) is 21.7. The predicted octanol–water partition coefficient (Wildman–Crippen LogP) is 11.1. The summed E-state index contributed by atoms with van der Waals surface area (Å²) in [5, 5.41) is 11.4. The van der Waals surface area contributed by atoms with E-state index in [0.29, 0.717) is 5.56 Å². The topological polar surface area (TPSA) is 49.6 Å². The minimum absolute atomic E-state index is 0.654. The van der Waals surface area contributed by atoms with E-state index in [1.165, 1.54) is 9.40 Å². The summed E-state index contributed by atoms with van der Waals surface area (Å²) in [5.74, 6) is 0. The Kier molecular flexibility index (Phi) is 6.57. The van der Waals surface area contributed by atoms with Gasteiger partial charge >= 0.3 is 0 Å². The molecule has 8 rings (SSSR count). The summed E-state index contributed by atoms with van der Waals surface area (Å²) in [5.41, 5.74) is 11.7. The molecule has 5 heteroatoms. The molecule has 0 unspecified atom stereocenters. The molecule has 3 nitrogen and oxygen atoms in total. The monoisotopic (exact) mass is 597 g/mol. The number of hydrogen-bond acceptors (Lipinski definition) is 5. The number of fused-ring (bicyclic) bond motifs is 2. The zero-order chi connectivity index (χ0) is 29.5. The number of hydrogen-bond donors (Lipinski definition) is 0. The average Bonchev–Trinajstić information content (AvgIpc) is 3.73. The molecule has 6 aromatic carbocycles. The van der Waals surface area contributed by atoms with E-state index in [-0.39, 0.29) is 0 Å². The quantitative estimate of drug-likeness (QED) is 0.198. The highest BCUT2D eigenvalue weighted by molar-refractivity contribution is 7.22. The number of para-hydroxylation sites is 2. The first-order valence-corrected chi connectivity index (χ1v) is 15.9. The van der Waals surface area contributed by atoms with E-state index < -0.39 is 0 Å². The third-order valence-electron chi connectivity index (χ3n) is 7.80. The van der Waals surface area contributed by atoms with Crippen LogP contribution in [0.5, 0.6) is 0 Å². The van der Waals surface area contributed by atoms with Gasteiger partial charge in [-0.3, -0.25) is 0 Å². The van der Waals surface area contributed by atoms with Crippen LogP contribution in [0.3, 0.4) is 0 Å². The second-order valence-corrected chi connectivity index (χ2v) is 12.7. The summed E-state index contributed by atoms with van der Waals surface area (Å²) >= 11 is 3.43. The molecule has 0 radical (unpaired) electrons. The van der Waals surface area contributed by atoms with E-state index in [1.54, 1.807) is 22.7 Å². The molecule has 0 atom stereocenters. The lowest BCUT2D eigenvalue weighted by molar-refractivity contribution is 1.47. The summed E-state index contributed by atoms with van der Waals surface area (Å²) in [6.45, 7) is 0. The Balaban J connectivity index is 1.18. The Morgan fingerprint density at radius 2 is 0.773 bits per heavy atom. The van der Waals surface area contributed by atoms with Crippen molar-refractivity contribution in [2.24, 2.45) is 0 Å². The number of thiazole rings is 2. The first-order valence-electron chi connectivity index (χ1n) is 14.3. The van der Waals surface area contributed by atoms with Crippen molar-refractivity contribution in [3.8, 4) is 60.6 Å². The molecule has 2 heterocycles. The van der Waals surface area contributed by atoms with Crippen molar-refractivity contribution in [3.05, 3.63) is 145 Å². The van der Waals surface area contributed by atoms with Crippen LogP contribution in [-0.4, -0.2) is 9.97 Å². The molecular formula is C39H23N3S2. The van der Waals surface area contributed by atoms with Crippen LogP contribution >= 0.6 is 22.7 Å². The standard InChI is InChI=1S/C39H23N3S2/c40-24-25-9-11-26(12-10-25)31-21-32(27-13-17-29(18-14-27)38-41-34-5-1-3-7-36(34)43-38)23-33(22-31)28-15-19-30(20-16-28)39-42-35-6-2-4-8-37(35)44-39/h1-23H. The second-order valence-electron chi connectivity index (χ2n) is 10.6. The predicted molar refractivity (Wildman–Crippen MR) is 185 cm³/mol. The molecule has 0 saturated carbocycles. The van der Waals surface area contributed by atoms with Crippen molar-refractivity contribution in [2.45, 2.75) is 0 Å². The van der Waals surface area contributed by atoms with E-state index in [4.69, 9.17) is 9.97 Å². The lowest BCUT2D eigenvalue weighted by Crippen LogP contribution is -1.87. The van der Waals surface area contributed by atoms with Gasteiger partial charge in [-0.2, -0.15) is 5.26 Å². The Morgan fingerprint density at radius 3 is 1.16 bits per heavy atom. The minimum Gasteiger partial charge on any atom is -0.236 e. The van der Waals surface area contributed by atoms with E-state index in [9.17, 15) is 5.26 Å². The Morgan fingerprint density at radius 1 is 0.409 bits per heavy atom. The van der Waals surface area contributed by atoms with Crippen molar-refractivity contribution in [1.29, 1.82) is 5.26 Å². The van der Waals surface area contributed by atoms with Crippen molar-refractivity contribution in [2.75, 3.05) is 0 Å². The highest BCUT2D eigenvalue weighted by Crippen LogP contribution is 2.37. The number of aromatic nitrogens is 2. The molecule has 44 heavy (non-hydrogen) atoms. The molecular weight excluding hydrogens is 575 g/mol. The van der Waals surface area contributed by atoms with E-state index in [0.717, 1.165) is 65.6 Å². The van der Waals surface area contributed by atoms with E-state index >= 15 is 0 Å². The maximum absolute atomic E-state index is 9.32. The van der Waals surface area contributed by atoms with Gasteiger partial charge in [0.1, 0.15) is 10.0 Å². The number of benzene rings is 6. The molecule has 0 aliphatic rings. The SMILES string of the molecule is N#Cc1ccc(-c2cc(-c3ccc(-c4nc5ccccc5s4)cc3)cc(-c3ccc(-c4nc5ccccc5s4)cc3)c2)cc1. The van der Waals surface area contributed by atoms with Crippen molar-refractivity contribution < 1.29 is 0 Å². The minimum atomic E-state index is 0.654. The Labute approximate surface area is 263 Å². The maximum atomic E-state index is 9.32. The highest BCUT2D eigenvalue weighted by atomic mass is 32.1. The average molecular weight is 598 g/mol. The zero-order valence-corrected chi connectivity index (χ0v) is 25.1. The van der Waals surface area contributed by atoms with Gasteiger partial charge in [0.2, 0.25) is 0 Å². The Bertz CT molecular complexity index is 2120. The number of rotatable bonds is 5. The smallest absolute Gasteiger partial charge is 0.124 e. The molecule has 0 N–H and O–H groups in total. The summed E-state index contributed by atoms with van der Waals surface area (Å²) in [7, 11) is 0. The lowest BCUT2D eigenvalue weighted by atomic mass is 9.92. The highest BCUT2D eigenvalue weighted by Gasteiger charge is 2.11. The molecule has 8 aromatic rings. The molecule has 0 spiro atoms. The molecule has 0 aliphatic heterocycles. The van der Waals surface area contributed by atoms with Crippen LogP contribution in [0.4, 0.5) is 0 Å². The first kappa shape index (κ1) is 26.2. The van der Waals surface area contributed by atoms with Gasteiger partial charge in [0.05, 0.1) is 32.1 Å². The van der Waals surface area contributed by atoms with Crippen LogP contribution in [0.2, 0.25) is 0 Å². The fraction of sp³-hybridized carbons (Fsp3) is 0. The Hall–Kier alpha value is -5.41. The van der Waals surface area contributed by atoms with Crippen molar-refractivity contribution in [3.63, 3.8) is 0 Å². The van der Waals surface area contributed by atoms with E-state index in [1.807, 2.05) is 36.4 Å². The van der Waals surface area contributed by atoms with Crippen LogP contribution in [0, 0.1) is 11.3 Å². The number of nitrogens with zero attached hydrogens (tertiary/aromatic N) is 3. The van der Waals surface area contributed by atoms with Crippen molar-refractivity contribution in [1.82, 2.24) is 9.97 Å². The summed E-state index contributed by atoms with van der Waals surface area (Å²) in [6.07, 6.45) is 0. The second kappa shape index (κ2) is 11.0. The van der Waals surface area contributed by atoms with Gasteiger partial charge in [-0.25, -0.2) is 9.97 Å². The zero-order valence-electron chi connectivity index (χ0n) is 23.4. The molecule has 0 saturated heterocycles. The summed E-state index contributed by atoms with van der Waals surface area (Å²) in [4.78, 5) is 9.68. The maximum Gasteiger partial charge on any atom is 0.124 e. The van der Waals surface area contributed by atoms with Crippen LogP contribution < -0.4 is 0 Å². The van der Waals surface area contributed by atoms with Gasteiger partial charge in [0.15, 0.2) is 0 Å². The molecule has 0 amide bonds. The van der Waals surface area contributed by atoms with Gasteiger partial charge in [-0.1, -0.05) is 84.9 Å². The number of nitriles is 1. The fourth-order valence-corrected chi connectivity index (χ4v) is 7.41. The van der Waals surface area contributed by atoms with E-state index in [2.05, 4.69) is 109 Å². The fourth-order valence-electron chi connectivity index (χ4n) is 5.47. The van der Waals surface area contributed by atoms with Crippen molar-refractivity contribution >= 4 is 43.1 Å². The molecule has 206 valence electrons. The molecule has 0 aliphatic carbocycles. The molecule has 0 fully saturated rings. The van der Waals surface area contributed by atoms with Crippen LogP contribution in [-0.2, 0) is 0 Å². The third-order valence-corrected chi connectivity index (χ3v) is 9.97. The van der Waals surface area contributed by atoms with Gasteiger partial charge in [-0.15, -0.1) is 22.7 Å².